The normalized spacial score (nSPS) is 22.2. The average Bonchev–Trinajstić information content (AvgIpc) is 3.29. The summed E-state index contributed by atoms with van der Waals surface area (Å²) in [5.74, 6) is 0.870. The minimum absolute atomic E-state index is 0.510. The highest BCUT2D eigenvalue weighted by Crippen LogP contribution is 2.37. The van der Waals surface area contributed by atoms with Crippen LogP contribution in [0, 0.1) is 5.41 Å². The topological polar surface area (TPSA) is 41.1 Å². The van der Waals surface area contributed by atoms with Crippen molar-refractivity contribution in [1.29, 1.82) is 0 Å². The van der Waals surface area contributed by atoms with Crippen LogP contribution in [0.4, 0.5) is 5.95 Å². The summed E-state index contributed by atoms with van der Waals surface area (Å²) in [6, 6.07) is 1.33. The molecule has 4 heteroatoms. The highest BCUT2D eigenvalue weighted by atomic mass is 15.2. The molecule has 0 unspecified atom stereocenters. The van der Waals surface area contributed by atoms with Crippen molar-refractivity contribution >= 4 is 5.95 Å². The molecule has 0 spiro atoms. The second-order valence-electron chi connectivity index (χ2n) is 7.55. The first-order chi connectivity index (χ1) is 10.0. The monoisotopic (exact) mass is 288 g/mol. The number of hydrogen-bond donors (Lipinski definition) is 1. The number of rotatable bonds is 5. The van der Waals surface area contributed by atoms with E-state index in [-0.39, 0.29) is 0 Å². The molecule has 1 aromatic rings. The molecule has 21 heavy (non-hydrogen) atoms. The molecule has 3 rings (SSSR count). The van der Waals surface area contributed by atoms with Crippen LogP contribution >= 0.6 is 0 Å². The Bertz CT molecular complexity index is 454. The molecule has 0 aliphatic heterocycles. The van der Waals surface area contributed by atoms with Gasteiger partial charge in [-0.3, -0.25) is 0 Å². The Morgan fingerprint density at radius 1 is 1.14 bits per heavy atom. The quantitative estimate of drug-likeness (QED) is 0.904. The van der Waals surface area contributed by atoms with E-state index in [1.807, 2.05) is 12.4 Å². The Balaban J connectivity index is 1.55. The summed E-state index contributed by atoms with van der Waals surface area (Å²) in [5, 5.41) is 3.50. The minimum Gasteiger partial charge on any atom is -0.341 e. The molecule has 0 bridgehead atoms. The van der Waals surface area contributed by atoms with Gasteiger partial charge in [-0.25, -0.2) is 9.97 Å². The number of nitrogens with zero attached hydrogens (tertiary/aromatic N) is 3. The van der Waals surface area contributed by atoms with Crippen molar-refractivity contribution in [2.24, 2.45) is 5.41 Å². The largest absolute Gasteiger partial charge is 0.341 e. The third-order valence-corrected chi connectivity index (χ3v) is 5.04. The summed E-state index contributed by atoms with van der Waals surface area (Å²) in [5.41, 5.74) is 1.69. The highest BCUT2D eigenvalue weighted by molar-refractivity contribution is 5.30. The first-order valence-electron chi connectivity index (χ1n) is 8.31. The maximum absolute atomic E-state index is 4.56. The zero-order chi connectivity index (χ0) is 14.9. The molecule has 0 amide bonds. The lowest BCUT2D eigenvalue weighted by Crippen LogP contribution is -2.38. The van der Waals surface area contributed by atoms with Gasteiger partial charge in [0.2, 0.25) is 5.95 Å². The van der Waals surface area contributed by atoms with Gasteiger partial charge in [-0.1, -0.05) is 13.8 Å². The van der Waals surface area contributed by atoms with Crippen LogP contribution in [0.2, 0.25) is 0 Å². The third kappa shape index (κ3) is 3.94. The van der Waals surface area contributed by atoms with Crippen molar-refractivity contribution in [3.8, 4) is 0 Å². The molecule has 0 atom stereocenters. The summed E-state index contributed by atoms with van der Waals surface area (Å²) >= 11 is 0. The van der Waals surface area contributed by atoms with Crippen molar-refractivity contribution in [3.63, 3.8) is 0 Å². The molecule has 1 heterocycles. The number of aromatic nitrogens is 2. The van der Waals surface area contributed by atoms with Crippen molar-refractivity contribution in [2.75, 3.05) is 11.9 Å². The van der Waals surface area contributed by atoms with E-state index in [4.69, 9.17) is 0 Å². The lowest BCUT2D eigenvalue weighted by Gasteiger charge is -2.38. The Hall–Kier alpha value is -1.16. The third-order valence-electron chi connectivity index (χ3n) is 5.04. The molecule has 1 aromatic heterocycles. The molecule has 2 aliphatic rings. The van der Waals surface area contributed by atoms with Gasteiger partial charge in [-0.2, -0.15) is 0 Å². The number of anilines is 1. The Morgan fingerprint density at radius 2 is 1.76 bits per heavy atom. The van der Waals surface area contributed by atoms with Gasteiger partial charge in [0.1, 0.15) is 0 Å². The average molecular weight is 288 g/mol. The second kappa shape index (κ2) is 5.91. The van der Waals surface area contributed by atoms with Crippen LogP contribution < -0.4 is 10.2 Å². The smallest absolute Gasteiger partial charge is 0.225 e. The maximum Gasteiger partial charge on any atom is 0.225 e. The maximum atomic E-state index is 4.56. The van der Waals surface area contributed by atoms with Crippen LogP contribution in [0.1, 0.15) is 57.9 Å². The Labute approximate surface area is 128 Å². The van der Waals surface area contributed by atoms with Gasteiger partial charge in [0, 0.05) is 43.6 Å². The van der Waals surface area contributed by atoms with Crippen molar-refractivity contribution in [1.82, 2.24) is 15.3 Å². The molecular formula is C17H28N4. The van der Waals surface area contributed by atoms with E-state index in [1.165, 1.54) is 44.1 Å². The fraction of sp³-hybridized carbons (Fsp3) is 0.765. The van der Waals surface area contributed by atoms with Crippen LogP contribution in [0.15, 0.2) is 12.4 Å². The molecular weight excluding hydrogens is 260 g/mol. The van der Waals surface area contributed by atoms with E-state index in [9.17, 15) is 0 Å². The predicted octanol–water partition coefficient (Wildman–Crippen LogP) is 3.13. The van der Waals surface area contributed by atoms with Crippen LogP contribution in [0.3, 0.4) is 0 Å². The Morgan fingerprint density at radius 3 is 2.33 bits per heavy atom. The van der Waals surface area contributed by atoms with Gasteiger partial charge in [0.15, 0.2) is 0 Å². The SMILES string of the molecule is CN(c1ncc(CNC2CC2)cn1)C1CCC(C)(C)CC1. The van der Waals surface area contributed by atoms with E-state index in [1.54, 1.807) is 0 Å². The van der Waals surface area contributed by atoms with Crippen molar-refractivity contribution in [3.05, 3.63) is 18.0 Å². The van der Waals surface area contributed by atoms with Crippen molar-refractivity contribution in [2.45, 2.75) is 71.0 Å². The van der Waals surface area contributed by atoms with Crippen LogP contribution in [-0.4, -0.2) is 29.1 Å². The molecule has 0 aromatic carbocycles. The summed E-state index contributed by atoms with van der Waals surface area (Å²) in [6.07, 6.45) is 11.7. The van der Waals surface area contributed by atoms with E-state index in [0.29, 0.717) is 11.5 Å². The van der Waals surface area contributed by atoms with E-state index >= 15 is 0 Å². The summed E-state index contributed by atoms with van der Waals surface area (Å²) < 4.78 is 0. The van der Waals surface area contributed by atoms with Gasteiger partial charge in [-0.05, 0) is 43.9 Å². The molecule has 2 aliphatic carbocycles. The predicted molar refractivity (Wildman–Crippen MR) is 86.3 cm³/mol. The first-order valence-corrected chi connectivity index (χ1v) is 8.31. The van der Waals surface area contributed by atoms with E-state index in [2.05, 4.69) is 41.1 Å². The van der Waals surface area contributed by atoms with Gasteiger partial charge < -0.3 is 10.2 Å². The lowest BCUT2D eigenvalue weighted by molar-refractivity contribution is 0.222. The Kier molecular flexibility index (Phi) is 4.16. The molecule has 0 saturated heterocycles. The standard InChI is InChI=1S/C17H28N4/c1-17(2)8-6-15(7-9-17)21(3)16-19-11-13(12-20-16)10-18-14-4-5-14/h11-12,14-15,18H,4-10H2,1-3H3. The number of nitrogens with one attached hydrogen (secondary N) is 1. The van der Waals surface area contributed by atoms with Gasteiger partial charge in [-0.15, -0.1) is 0 Å². The lowest BCUT2D eigenvalue weighted by atomic mass is 9.75. The molecule has 2 fully saturated rings. The fourth-order valence-electron chi connectivity index (χ4n) is 3.11. The summed E-state index contributed by atoms with van der Waals surface area (Å²) in [4.78, 5) is 11.4. The van der Waals surface area contributed by atoms with Crippen LogP contribution in [-0.2, 0) is 6.54 Å². The fourth-order valence-corrected chi connectivity index (χ4v) is 3.11. The van der Waals surface area contributed by atoms with Crippen LogP contribution in [0.5, 0.6) is 0 Å². The molecule has 116 valence electrons. The molecule has 0 radical (unpaired) electrons. The van der Waals surface area contributed by atoms with Gasteiger partial charge >= 0.3 is 0 Å². The van der Waals surface area contributed by atoms with E-state index in [0.717, 1.165) is 18.5 Å². The van der Waals surface area contributed by atoms with Crippen LogP contribution in [0.25, 0.3) is 0 Å². The summed E-state index contributed by atoms with van der Waals surface area (Å²) in [7, 11) is 2.14. The van der Waals surface area contributed by atoms with Crippen molar-refractivity contribution < 1.29 is 0 Å². The zero-order valence-electron chi connectivity index (χ0n) is 13.6. The van der Waals surface area contributed by atoms with E-state index < -0.39 is 0 Å². The highest BCUT2D eigenvalue weighted by Gasteiger charge is 2.29. The first kappa shape index (κ1) is 14.8. The van der Waals surface area contributed by atoms with Gasteiger partial charge in [0.25, 0.3) is 0 Å². The minimum atomic E-state index is 0.510. The summed E-state index contributed by atoms with van der Waals surface area (Å²) in [6.45, 7) is 5.65. The number of hydrogen-bond acceptors (Lipinski definition) is 4. The van der Waals surface area contributed by atoms with Gasteiger partial charge in [0.05, 0.1) is 0 Å². The second-order valence-corrected chi connectivity index (χ2v) is 7.55. The molecule has 2 saturated carbocycles. The molecule has 1 N–H and O–H groups in total. The molecule has 4 nitrogen and oxygen atoms in total. The zero-order valence-corrected chi connectivity index (χ0v) is 13.6.